The maximum absolute atomic E-state index is 9.00. The maximum Gasteiger partial charge on any atom is 0.124 e. The molecule has 0 bridgehead atoms. The number of nitrogens with zero attached hydrogens (tertiary/aromatic N) is 2. The second-order valence-electron chi connectivity index (χ2n) is 3.49. The first kappa shape index (κ1) is 8.56. The molecule has 4 heteroatoms. The van der Waals surface area contributed by atoms with Gasteiger partial charge in [-0.25, -0.2) is 4.68 Å². The number of aliphatic hydroxyl groups excluding tert-OH is 1. The third kappa shape index (κ3) is 1.54. The first-order valence-corrected chi connectivity index (χ1v) is 4.75. The summed E-state index contributed by atoms with van der Waals surface area (Å²) in [6, 6.07) is 2.08. The highest BCUT2D eigenvalue weighted by molar-refractivity contribution is 5.38. The lowest BCUT2D eigenvalue weighted by molar-refractivity contribution is 0.209. The highest BCUT2D eigenvalue weighted by Crippen LogP contribution is 2.18. The van der Waals surface area contributed by atoms with Gasteiger partial charge in [-0.2, -0.15) is 5.10 Å². The second kappa shape index (κ2) is 3.38. The summed E-state index contributed by atoms with van der Waals surface area (Å²) in [6.45, 7) is 4.01. The van der Waals surface area contributed by atoms with Gasteiger partial charge >= 0.3 is 0 Å². The summed E-state index contributed by atoms with van der Waals surface area (Å²) in [5.74, 6) is 1.39. The summed E-state index contributed by atoms with van der Waals surface area (Å²) in [4.78, 5) is 0. The fourth-order valence-electron chi connectivity index (χ4n) is 1.60. The van der Waals surface area contributed by atoms with E-state index in [-0.39, 0.29) is 6.61 Å². The van der Waals surface area contributed by atoms with Crippen LogP contribution in [0, 0.1) is 5.92 Å². The third-order valence-corrected chi connectivity index (χ3v) is 2.45. The SMILES string of the molecule is CCc1cc2n(n1)CC(CO)CN2. The largest absolute Gasteiger partial charge is 0.396 e. The minimum atomic E-state index is 0.230. The van der Waals surface area contributed by atoms with Gasteiger partial charge in [0.05, 0.1) is 5.69 Å². The summed E-state index contributed by atoms with van der Waals surface area (Å²) < 4.78 is 1.95. The summed E-state index contributed by atoms with van der Waals surface area (Å²) in [6.07, 6.45) is 0.964. The van der Waals surface area contributed by atoms with Crippen LogP contribution in [0.25, 0.3) is 0 Å². The molecule has 0 aliphatic carbocycles. The lowest BCUT2D eigenvalue weighted by Gasteiger charge is -2.22. The van der Waals surface area contributed by atoms with E-state index in [1.165, 1.54) is 0 Å². The van der Waals surface area contributed by atoms with Crippen LogP contribution in [0.2, 0.25) is 0 Å². The highest BCUT2D eigenvalue weighted by Gasteiger charge is 2.18. The van der Waals surface area contributed by atoms with Crippen molar-refractivity contribution < 1.29 is 5.11 Å². The molecule has 1 aliphatic rings. The first-order valence-electron chi connectivity index (χ1n) is 4.75. The van der Waals surface area contributed by atoms with Crippen LogP contribution in [0.3, 0.4) is 0 Å². The molecular weight excluding hydrogens is 166 g/mol. The van der Waals surface area contributed by atoms with Gasteiger partial charge in [0.2, 0.25) is 0 Å². The van der Waals surface area contributed by atoms with Crippen molar-refractivity contribution in [2.45, 2.75) is 19.9 Å². The van der Waals surface area contributed by atoms with Crippen LogP contribution in [0.1, 0.15) is 12.6 Å². The Balaban J connectivity index is 2.19. The number of hydrogen-bond donors (Lipinski definition) is 2. The predicted octanol–water partition coefficient (Wildman–Crippen LogP) is 0.479. The first-order chi connectivity index (χ1) is 6.33. The smallest absolute Gasteiger partial charge is 0.124 e. The Bertz CT molecular complexity index is 295. The number of aliphatic hydroxyl groups is 1. The lowest BCUT2D eigenvalue weighted by atomic mass is 10.1. The van der Waals surface area contributed by atoms with Crippen molar-refractivity contribution in [1.82, 2.24) is 9.78 Å². The molecule has 0 aromatic carbocycles. The Hall–Kier alpha value is -1.03. The number of fused-ring (bicyclic) bond motifs is 1. The zero-order valence-corrected chi connectivity index (χ0v) is 7.82. The molecule has 0 amide bonds. The molecule has 0 fully saturated rings. The van der Waals surface area contributed by atoms with E-state index in [9.17, 15) is 0 Å². The van der Waals surface area contributed by atoms with Gasteiger partial charge in [-0.3, -0.25) is 0 Å². The molecule has 0 radical (unpaired) electrons. The van der Waals surface area contributed by atoms with E-state index in [2.05, 4.69) is 23.4 Å². The molecule has 72 valence electrons. The molecule has 1 unspecified atom stereocenters. The van der Waals surface area contributed by atoms with Crippen molar-refractivity contribution in [3.63, 3.8) is 0 Å². The lowest BCUT2D eigenvalue weighted by Crippen LogP contribution is -2.29. The van der Waals surface area contributed by atoms with Crippen LogP contribution in [0.5, 0.6) is 0 Å². The molecule has 2 heterocycles. The van der Waals surface area contributed by atoms with E-state index in [4.69, 9.17) is 5.11 Å². The second-order valence-corrected chi connectivity index (χ2v) is 3.49. The van der Waals surface area contributed by atoms with Gasteiger partial charge < -0.3 is 10.4 Å². The molecule has 0 saturated heterocycles. The van der Waals surface area contributed by atoms with Crippen molar-refractivity contribution in [3.05, 3.63) is 11.8 Å². The number of nitrogens with one attached hydrogen (secondary N) is 1. The van der Waals surface area contributed by atoms with E-state index >= 15 is 0 Å². The average Bonchev–Trinajstić information content (AvgIpc) is 2.58. The fourth-order valence-corrected chi connectivity index (χ4v) is 1.60. The van der Waals surface area contributed by atoms with E-state index in [0.29, 0.717) is 5.92 Å². The number of rotatable bonds is 2. The van der Waals surface area contributed by atoms with E-state index in [0.717, 1.165) is 31.0 Å². The topological polar surface area (TPSA) is 50.1 Å². The molecule has 1 aromatic rings. The van der Waals surface area contributed by atoms with Crippen molar-refractivity contribution in [3.8, 4) is 0 Å². The zero-order valence-electron chi connectivity index (χ0n) is 7.82. The zero-order chi connectivity index (χ0) is 9.26. The molecular formula is C9H15N3O. The van der Waals surface area contributed by atoms with Crippen LogP contribution in [0.4, 0.5) is 5.82 Å². The molecule has 0 spiro atoms. The van der Waals surface area contributed by atoms with E-state index in [1.807, 2.05) is 4.68 Å². The van der Waals surface area contributed by atoms with Crippen LogP contribution in [0.15, 0.2) is 6.07 Å². The van der Waals surface area contributed by atoms with Gasteiger partial charge in [-0.05, 0) is 6.42 Å². The molecule has 1 atom stereocenters. The van der Waals surface area contributed by atoms with Crippen LogP contribution >= 0.6 is 0 Å². The summed E-state index contributed by atoms with van der Waals surface area (Å²) in [5.41, 5.74) is 1.11. The van der Waals surface area contributed by atoms with Gasteiger partial charge in [0.1, 0.15) is 5.82 Å². The monoisotopic (exact) mass is 181 g/mol. The molecule has 2 rings (SSSR count). The van der Waals surface area contributed by atoms with E-state index < -0.39 is 0 Å². The quantitative estimate of drug-likeness (QED) is 0.697. The fraction of sp³-hybridized carbons (Fsp3) is 0.667. The minimum absolute atomic E-state index is 0.230. The average molecular weight is 181 g/mol. The Morgan fingerprint density at radius 2 is 2.62 bits per heavy atom. The number of aromatic nitrogens is 2. The Labute approximate surface area is 77.6 Å². The highest BCUT2D eigenvalue weighted by atomic mass is 16.3. The van der Waals surface area contributed by atoms with Crippen LogP contribution in [-0.2, 0) is 13.0 Å². The summed E-state index contributed by atoms with van der Waals surface area (Å²) in [7, 11) is 0. The van der Waals surface area contributed by atoms with Gasteiger partial charge in [0.25, 0.3) is 0 Å². The maximum atomic E-state index is 9.00. The number of hydrogen-bond acceptors (Lipinski definition) is 3. The molecule has 1 aliphatic heterocycles. The van der Waals surface area contributed by atoms with Gasteiger partial charge in [0, 0.05) is 31.7 Å². The molecule has 2 N–H and O–H groups in total. The van der Waals surface area contributed by atoms with Gasteiger partial charge in [0.15, 0.2) is 0 Å². The number of aryl methyl sites for hydroxylation is 1. The van der Waals surface area contributed by atoms with Gasteiger partial charge in [-0.15, -0.1) is 0 Å². The van der Waals surface area contributed by atoms with E-state index in [1.54, 1.807) is 0 Å². The summed E-state index contributed by atoms with van der Waals surface area (Å²) >= 11 is 0. The summed E-state index contributed by atoms with van der Waals surface area (Å²) in [5, 5.41) is 16.7. The van der Waals surface area contributed by atoms with Crippen molar-refractivity contribution in [2.75, 3.05) is 18.5 Å². The van der Waals surface area contributed by atoms with Gasteiger partial charge in [-0.1, -0.05) is 6.92 Å². The standard InChI is InChI=1S/C9H15N3O/c1-2-8-3-9-10-4-7(6-13)5-12(9)11-8/h3,7,10,13H,2,4-6H2,1H3. The predicted molar refractivity (Wildman–Crippen MR) is 50.7 cm³/mol. The third-order valence-electron chi connectivity index (χ3n) is 2.45. The van der Waals surface area contributed by atoms with Crippen molar-refractivity contribution in [2.24, 2.45) is 5.92 Å². The number of anilines is 1. The van der Waals surface area contributed by atoms with Crippen molar-refractivity contribution in [1.29, 1.82) is 0 Å². The Morgan fingerprint density at radius 3 is 3.31 bits per heavy atom. The van der Waals surface area contributed by atoms with Crippen molar-refractivity contribution >= 4 is 5.82 Å². The molecule has 4 nitrogen and oxygen atoms in total. The molecule has 0 saturated carbocycles. The minimum Gasteiger partial charge on any atom is -0.396 e. The normalized spacial score (nSPS) is 20.9. The van der Waals surface area contributed by atoms with Crippen LogP contribution < -0.4 is 5.32 Å². The molecule has 1 aromatic heterocycles. The Kier molecular flexibility index (Phi) is 2.22. The van der Waals surface area contributed by atoms with Crippen LogP contribution in [-0.4, -0.2) is 28.0 Å². The molecule has 13 heavy (non-hydrogen) atoms. The Morgan fingerprint density at radius 1 is 1.77 bits per heavy atom.